The van der Waals surface area contributed by atoms with Gasteiger partial charge >= 0.3 is 0 Å². The van der Waals surface area contributed by atoms with Crippen molar-refractivity contribution >= 4 is 17.4 Å². The number of nitrogen functional groups attached to an aromatic ring is 1. The van der Waals surface area contributed by atoms with E-state index >= 15 is 0 Å². The average Bonchev–Trinajstić information content (AvgIpc) is 2.37. The van der Waals surface area contributed by atoms with E-state index in [1.807, 2.05) is 14.1 Å². The van der Waals surface area contributed by atoms with E-state index in [1.54, 1.807) is 0 Å². The Hall–Kier alpha value is -2.22. The molecule has 1 heterocycles. The number of carbonyl (C=O) groups is 1. The number of unbranched alkanes of at least 4 members (excludes halogenated alkanes) is 1. The minimum Gasteiger partial charge on any atom is -0.384 e. The maximum Gasteiger partial charge on any atom is 0.300 e. The van der Waals surface area contributed by atoms with Crippen molar-refractivity contribution in [1.29, 1.82) is 0 Å². The first kappa shape index (κ1) is 15.8. The van der Waals surface area contributed by atoms with E-state index in [4.69, 9.17) is 5.73 Å². The maximum absolute atomic E-state index is 11.9. The van der Waals surface area contributed by atoms with Gasteiger partial charge in [-0.3, -0.25) is 14.9 Å². The summed E-state index contributed by atoms with van der Waals surface area (Å²) in [5, 5.41) is 13.5. The van der Waals surface area contributed by atoms with Crippen LogP contribution in [0.3, 0.4) is 0 Å². The lowest BCUT2D eigenvalue weighted by Gasteiger charge is -2.09. The summed E-state index contributed by atoms with van der Waals surface area (Å²) in [5.41, 5.74) is 5.05. The number of aromatic nitrogens is 1. The second kappa shape index (κ2) is 7.39. The SMILES string of the molecule is CN(C)CCCCNC(=O)c1cc(N)ncc1[N+](=O)[O-]. The van der Waals surface area contributed by atoms with Gasteiger partial charge in [0.05, 0.1) is 4.92 Å². The molecule has 1 amide bonds. The van der Waals surface area contributed by atoms with E-state index in [0.29, 0.717) is 6.54 Å². The van der Waals surface area contributed by atoms with Crippen LogP contribution in [0, 0.1) is 10.1 Å². The largest absolute Gasteiger partial charge is 0.384 e. The van der Waals surface area contributed by atoms with Crippen LogP contribution in [0.4, 0.5) is 11.5 Å². The predicted molar refractivity (Wildman–Crippen MR) is 75.4 cm³/mol. The van der Waals surface area contributed by atoms with Crippen molar-refractivity contribution in [3.63, 3.8) is 0 Å². The number of nitrogens with one attached hydrogen (secondary N) is 1. The summed E-state index contributed by atoms with van der Waals surface area (Å²) in [6.45, 7) is 1.39. The van der Waals surface area contributed by atoms with Gasteiger partial charge in [0.1, 0.15) is 17.6 Å². The summed E-state index contributed by atoms with van der Waals surface area (Å²) >= 11 is 0. The van der Waals surface area contributed by atoms with E-state index < -0.39 is 10.8 Å². The second-order valence-corrected chi connectivity index (χ2v) is 4.65. The van der Waals surface area contributed by atoms with Gasteiger partial charge in [-0.05, 0) is 39.5 Å². The van der Waals surface area contributed by atoms with Crippen molar-refractivity contribution in [2.24, 2.45) is 0 Å². The highest BCUT2D eigenvalue weighted by atomic mass is 16.6. The molecule has 0 aromatic carbocycles. The average molecular weight is 281 g/mol. The molecule has 0 atom stereocenters. The minimum absolute atomic E-state index is 0.0601. The molecule has 0 aliphatic carbocycles. The van der Waals surface area contributed by atoms with Crippen molar-refractivity contribution < 1.29 is 9.72 Å². The highest BCUT2D eigenvalue weighted by Gasteiger charge is 2.20. The Bertz CT molecular complexity index is 490. The molecule has 110 valence electrons. The monoisotopic (exact) mass is 281 g/mol. The summed E-state index contributed by atoms with van der Waals surface area (Å²) in [7, 11) is 3.95. The zero-order chi connectivity index (χ0) is 15.1. The molecule has 0 aliphatic heterocycles. The molecular formula is C12H19N5O3. The lowest BCUT2D eigenvalue weighted by Crippen LogP contribution is -2.26. The summed E-state index contributed by atoms with van der Waals surface area (Å²) in [6, 6.07) is 1.22. The number of nitro groups is 1. The molecule has 0 spiro atoms. The number of pyridine rings is 1. The van der Waals surface area contributed by atoms with Crippen molar-refractivity contribution in [2.45, 2.75) is 12.8 Å². The Kier molecular flexibility index (Phi) is 5.85. The van der Waals surface area contributed by atoms with E-state index in [9.17, 15) is 14.9 Å². The summed E-state index contributed by atoms with van der Waals surface area (Å²) in [4.78, 5) is 27.8. The summed E-state index contributed by atoms with van der Waals surface area (Å²) < 4.78 is 0. The standard InChI is InChI=1S/C12H19N5O3/c1-16(2)6-4-3-5-14-12(18)9-7-11(13)15-8-10(9)17(19)20/h7-8H,3-6H2,1-2H3,(H2,13,15)(H,14,18). The van der Waals surface area contributed by atoms with Crippen LogP contribution >= 0.6 is 0 Å². The van der Waals surface area contributed by atoms with Crippen LogP contribution in [0.15, 0.2) is 12.3 Å². The number of hydrogen-bond donors (Lipinski definition) is 2. The summed E-state index contributed by atoms with van der Waals surface area (Å²) in [6.07, 6.45) is 2.74. The van der Waals surface area contributed by atoms with E-state index in [1.165, 1.54) is 6.07 Å². The molecule has 1 rings (SSSR count). The Morgan fingerprint density at radius 3 is 2.80 bits per heavy atom. The molecule has 0 radical (unpaired) electrons. The molecule has 0 bridgehead atoms. The number of anilines is 1. The molecule has 0 saturated heterocycles. The lowest BCUT2D eigenvalue weighted by atomic mass is 10.2. The van der Waals surface area contributed by atoms with Crippen LogP contribution in [0.5, 0.6) is 0 Å². The van der Waals surface area contributed by atoms with Gasteiger partial charge in [0.25, 0.3) is 11.6 Å². The Morgan fingerprint density at radius 1 is 1.50 bits per heavy atom. The van der Waals surface area contributed by atoms with Gasteiger partial charge in [0.15, 0.2) is 0 Å². The third-order valence-electron chi connectivity index (χ3n) is 2.66. The van der Waals surface area contributed by atoms with Crippen LogP contribution in [-0.2, 0) is 0 Å². The fraction of sp³-hybridized carbons (Fsp3) is 0.500. The van der Waals surface area contributed by atoms with Crippen LogP contribution in [0.2, 0.25) is 0 Å². The number of rotatable bonds is 7. The third kappa shape index (κ3) is 4.81. The fourth-order valence-electron chi connectivity index (χ4n) is 1.64. The molecule has 8 heteroatoms. The zero-order valence-electron chi connectivity index (χ0n) is 11.6. The van der Waals surface area contributed by atoms with Gasteiger partial charge in [-0.25, -0.2) is 4.98 Å². The van der Waals surface area contributed by atoms with Crippen molar-refractivity contribution in [1.82, 2.24) is 15.2 Å². The molecular weight excluding hydrogens is 262 g/mol. The van der Waals surface area contributed by atoms with Crippen LogP contribution < -0.4 is 11.1 Å². The number of nitrogens with two attached hydrogens (primary N) is 1. The first-order valence-electron chi connectivity index (χ1n) is 6.24. The molecule has 1 aromatic heterocycles. The second-order valence-electron chi connectivity index (χ2n) is 4.65. The van der Waals surface area contributed by atoms with Crippen LogP contribution in [-0.4, -0.2) is 47.9 Å². The van der Waals surface area contributed by atoms with Gasteiger partial charge < -0.3 is 16.0 Å². The molecule has 3 N–H and O–H groups in total. The molecule has 8 nitrogen and oxygen atoms in total. The number of carbonyl (C=O) groups excluding carboxylic acids is 1. The zero-order valence-corrected chi connectivity index (χ0v) is 11.6. The summed E-state index contributed by atoms with van der Waals surface area (Å²) in [5.74, 6) is -0.427. The number of nitrogens with zero attached hydrogens (tertiary/aromatic N) is 3. The van der Waals surface area contributed by atoms with Crippen molar-refractivity contribution in [2.75, 3.05) is 32.9 Å². The molecule has 0 aliphatic rings. The number of hydrogen-bond acceptors (Lipinski definition) is 6. The topological polar surface area (TPSA) is 114 Å². The third-order valence-corrected chi connectivity index (χ3v) is 2.66. The molecule has 0 fully saturated rings. The Balaban J connectivity index is 2.59. The smallest absolute Gasteiger partial charge is 0.300 e. The minimum atomic E-state index is -0.645. The van der Waals surface area contributed by atoms with E-state index in [0.717, 1.165) is 25.6 Å². The van der Waals surface area contributed by atoms with Crippen molar-refractivity contribution in [3.8, 4) is 0 Å². The molecule has 0 saturated carbocycles. The first-order chi connectivity index (χ1) is 9.41. The predicted octanol–water partition coefficient (Wildman–Crippen LogP) is 0.644. The Morgan fingerprint density at radius 2 is 2.20 bits per heavy atom. The van der Waals surface area contributed by atoms with Gasteiger partial charge in [-0.15, -0.1) is 0 Å². The number of amides is 1. The van der Waals surface area contributed by atoms with Gasteiger partial charge in [0, 0.05) is 6.54 Å². The van der Waals surface area contributed by atoms with E-state index in [-0.39, 0.29) is 17.1 Å². The van der Waals surface area contributed by atoms with Crippen LogP contribution in [0.25, 0.3) is 0 Å². The first-order valence-corrected chi connectivity index (χ1v) is 6.24. The normalized spacial score (nSPS) is 10.6. The fourth-order valence-corrected chi connectivity index (χ4v) is 1.64. The molecule has 20 heavy (non-hydrogen) atoms. The van der Waals surface area contributed by atoms with E-state index in [2.05, 4.69) is 15.2 Å². The van der Waals surface area contributed by atoms with Crippen LogP contribution in [0.1, 0.15) is 23.2 Å². The van der Waals surface area contributed by atoms with Gasteiger partial charge in [-0.1, -0.05) is 0 Å². The lowest BCUT2D eigenvalue weighted by molar-refractivity contribution is -0.385. The highest BCUT2D eigenvalue weighted by molar-refractivity contribution is 5.98. The van der Waals surface area contributed by atoms with Gasteiger partial charge in [0.2, 0.25) is 0 Å². The molecule has 0 unspecified atom stereocenters. The quantitative estimate of drug-likeness (QED) is 0.430. The Labute approximate surface area is 117 Å². The highest BCUT2D eigenvalue weighted by Crippen LogP contribution is 2.18. The molecule has 1 aromatic rings. The van der Waals surface area contributed by atoms with Gasteiger partial charge in [-0.2, -0.15) is 0 Å². The van der Waals surface area contributed by atoms with Crippen molar-refractivity contribution in [3.05, 3.63) is 27.9 Å². The maximum atomic E-state index is 11.9.